The standard InChI is InChI=1S/C27H27FN4O3/c28-23-12-6-4-10-21(23)27(35)32-16-14-31(15-17-32)19-25(33)30-24-13-7-5-11-22(24)26(34)29-18-20-8-2-1-3-9-20/h1-13H,14-19H2,(H,29,34)(H,30,33). The maximum Gasteiger partial charge on any atom is 0.256 e. The van der Waals surface area contributed by atoms with E-state index in [4.69, 9.17) is 0 Å². The molecule has 7 nitrogen and oxygen atoms in total. The van der Waals surface area contributed by atoms with Gasteiger partial charge >= 0.3 is 0 Å². The third kappa shape index (κ3) is 6.30. The monoisotopic (exact) mass is 474 g/mol. The molecule has 0 unspecified atom stereocenters. The van der Waals surface area contributed by atoms with Crippen molar-refractivity contribution in [1.82, 2.24) is 15.1 Å². The summed E-state index contributed by atoms with van der Waals surface area (Å²) in [6.45, 7) is 2.30. The van der Waals surface area contributed by atoms with Crippen molar-refractivity contribution in [3.8, 4) is 0 Å². The highest BCUT2D eigenvalue weighted by Gasteiger charge is 2.25. The van der Waals surface area contributed by atoms with E-state index < -0.39 is 5.82 Å². The SMILES string of the molecule is O=C(CN1CCN(C(=O)c2ccccc2F)CC1)Nc1ccccc1C(=O)NCc1ccccc1. The summed E-state index contributed by atoms with van der Waals surface area (Å²) in [5.41, 5.74) is 1.87. The summed E-state index contributed by atoms with van der Waals surface area (Å²) in [7, 11) is 0. The average molecular weight is 475 g/mol. The molecule has 0 spiro atoms. The number of para-hydroxylation sites is 1. The minimum absolute atomic E-state index is 0.0563. The molecule has 0 aliphatic carbocycles. The number of nitrogens with zero attached hydrogens (tertiary/aromatic N) is 2. The summed E-state index contributed by atoms with van der Waals surface area (Å²) in [6.07, 6.45) is 0. The Morgan fingerprint density at radius 1 is 0.771 bits per heavy atom. The molecule has 3 aromatic carbocycles. The Bertz CT molecular complexity index is 1190. The predicted octanol–water partition coefficient (Wildman–Crippen LogP) is 3.15. The highest BCUT2D eigenvalue weighted by molar-refractivity contribution is 6.04. The molecule has 3 amide bonds. The second-order valence-electron chi connectivity index (χ2n) is 8.31. The third-order valence-corrected chi connectivity index (χ3v) is 5.87. The van der Waals surface area contributed by atoms with Gasteiger partial charge in [0.05, 0.1) is 23.4 Å². The smallest absolute Gasteiger partial charge is 0.256 e. The van der Waals surface area contributed by atoms with Gasteiger partial charge in [-0.1, -0.05) is 54.6 Å². The summed E-state index contributed by atoms with van der Waals surface area (Å²) >= 11 is 0. The number of nitrogens with one attached hydrogen (secondary N) is 2. The van der Waals surface area contributed by atoms with Crippen molar-refractivity contribution in [3.05, 3.63) is 101 Å². The number of hydrogen-bond acceptors (Lipinski definition) is 4. The van der Waals surface area contributed by atoms with Gasteiger partial charge in [0, 0.05) is 32.7 Å². The van der Waals surface area contributed by atoms with Gasteiger partial charge in [-0.05, 0) is 29.8 Å². The molecule has 0 aromatic heterocycles. The molecule has 180 valence electrons. The Hall–Kier alpha value is -4.04. The lowest BCUT2D eigenvalue weighted by Crippen LogP contribution is -2.50. The number of halogens is 1. The van der Waals surface area contributed by atoms with Gasteiger partial charge in [0.15, 0.2) is 0 Å². The number of carbonyl (C=O) groups excluding carboxylic acids is 3. The molecule has 2 N–H and O–H groups in total. The summed E-state index contributed by atoms with van der Waals surface area (Å²) in [5, 5.41) is 5.71. The van der Waals surface area contributed by atoms with E-state index in [9.17, 15) is 18.8 Å². The summed E-state index contributed by atoms with van der Waals surface area (Å²) in [4.78, 5) is 41.5. The van der Waals surface area contributed by atoms with Crippen LogP contribution < -0.4 is 10.6 Å². The zero-order valence-electron chi connectivity index (χ0n) is 19.2. The lowest BCUT2D eigenvalue weighted by atomic mass is 10.1. The van der Waals surface area contributed by atoms with E-state index in [1.165, 1.54) is 12.1 Å². The zero-order valence-corrected chi connectivity index (χ0v) is 19.2. The molecule has 0 radical (unpaired) electrons. The zero-order chi connectivity index (χ0) is 24.6. The van der Waals surface area contributed by atoms with Crippen LogP contribution in [0.1, 0.15) is 26.3 Å². The quantitative estimate of drug-likeness (QED) is 0.551. The first-order chi connectivity index (χ1) is 17.0. The van der Waals surface area contributed by atoms with Gasteiger partial charge in [0.1, 0.15) is 5.82 Å². The lowest BCUT2D eigenvalue weighted by molar-refractivity contribution is -0.117. The van der Waals surface area contributed by atoms with Crippen molar-refractivity contribution in [2.45, 2.75) is 6.54 Å². The highest BCUT2D eigenvalue weighted by Crippen LogP contribution is 2.16. The number of anilines is 1. The molecule has 0 saturated carbocycles. The number of carbonyl (C=O) groups is 3. The lowest BCUT2D eigenvalue weighted by Gasteiger charge is -2.34. The minimum Gasteiger partial charge on any atom is -0.348 e. The van der Waals surface area contributed by atoms with Crippen molar-refractivity contribution in [2.24, 2.45) is 0 Å². The van der Waals surface area contributed by atoms with Crippen LogP contribution in [-0.2, 0) is 11.3 Å². The Labute approximate surface area is 203 Å². The van der Waals surface area contributed by atoms with Crippen LogP contribution in [0.15, 0.2) is 78.9 Å². The molecule has 0 bridgehead atoms. The van der Waals surface area contributed by atoms with E-state index in [1.807, 2.05) is 35.2 Å². The van der Waals surface area contributed by atoms with Crippen molar-refractivity contribution >= 4 is 23.4 Å². The molecule has 1 saturated heterocycles. The molecule has 1 aliphatic heterocycles. The van der Waals surface area contributed by atoms with Gasteiger partial charge < -0.3 is 15.5 Å². The van der Waals surface area contributed by atoms with Crippen LogP contribution >= 0.6 is 0 Å². The molecule has 8 heteroatoms. The predicted molar refractivity (Wildman–Crippen MR) is 131 cm³/mol. The van der Waals surface area contributed by atoms with Crippen molar-refractivity contribution in [3.63, 3.8) is 0 Å². The number of rotatable bonds is 7. The van der Waals surface area contributed by atoms with Gasteiger partial charge in [-0.2, -0.15) is 0 Å². The van der Waals surface area contributed by atoms with E-state index in [2.05, 4.69) is 10.6 Å². The number of amides is 3. The van der Waals surface area contributed by atoms with Crippen molar-refractivity contribution in [1.29, 1.82) is 0 Å². The first kappa shape index (κ1) is 24.1. The maximum atomic E-state index is 13.9. The van der Waals surface area contributed by atoms with Crippen LogP contribution in [0.5, 0.6) is 0 Å². The van der Waals surface area contributed by atoms with E-state index >= 15 is 0 Å². The largest absolute Gasteiger partial charge is 0.348 e. The van der Waals surface area contributed by atoms with Crippen molar-refractivity contribution in [2.75, 3.05) is 38.0 Å². The molecule has 1 aliphatic rings. The van der Waals surface area contributed by atoms with Crippen LogP contribution in [0, 0.1) is 5.82 Å². The Morgan fingerprint density at radius 3 is 2.11 bits per heavy atom. The van der Waals surface area contributed by atoms with Crippen LogP contribution in [0.2, 0.25) is 0 Å². The number of benzene rings is 3. The normalized spacial score (nSPS) is 13.8. The van der Waals surface area contributed by atoms with Gasteiger partial charge in [-0.15, -0.1) is 0 Å². The van der Waals surface area contributed by atoms with E-state index in [0.29, 0.717) is 44.0 Å². The number of hydrogen-bond donors (Lipinski definition) is 2. The summed E-state index contributed by atoms with van der Waals surface area (Å²) in [5.74, 6) is -1.40. The Kier molecular flexibility index (Phi) is 7.84. The topological polar surface area (TPSA) is 81.8 Å². The van der Waals surface area contributed by atoms with Crippen LogP contribution in [0.4, 0.5) is 10.1 Å². The minimum atomic E-state index is -0.536. The Morgan fingerprint density at radius 2 is 1.40 bits per heavy atom. The maximum absolute atomic E-state index is 13.9. The third-order valence-electron chi connectivity index (χ3n) is 5.87. The fourth-order valence-corrected chi connectivity index (χ4v) is 3.97. The van der Waals surface area contributed by atoms with E-state index in [-0.39, 0.29) is 29.8 Å². The first-order valence-corrected chi connectivity index (χ1v) is 11.5. The van der Waals surface area contributed by atoms with Gasteiger partial charge in [-0.3, -0.25) is 19.3 Å². The molecule has 1 fully saturated rings. The molecule has 1 heterocycles. The average Bonchev–Trinajstić information content (AvgIpc) is 2.88. The van der Waals surface area contributed by atoms with Crippen LogP contribution in [-0.4, -0.2) is 60.2 Å². The highest BCUT2D eigenvalue weighted by atomic mass is 19.1. The second-order valence-corrected chi connectivity index (χ2v) is 8.31. The Balaban J connectivity index is 1.29. The first-order valence-electron chi connectivity index (χ1n) is 11.5. The van der Waals surface area contributed by atoms with Gasteiger partial charge in [0.25, 0.3) is 11.8 Å². The molecular weight excluding hydrogens is 447 g/mol. The molecule has 0 atom stereocenters. The summed E-state index contributed by atoms with van der Waals surface area (Å²) in [6, 6.07) is 22.4. The van der Waals surface area contributed by atoms with Crippen LogP contribution in [0.25, 0.3) is 0 Å². The fourth-order valence-electron chi connectivity index (χ4n) is 3.97. The van der Waals surface area contributed by atoms with Gasteiger partial charge in [0.2, 0.25) is 5.91 Å². The van der Waals surface area contributed by atoms with Gasteiger partial charge in [-0.25, -0.2) is 4.39 Å². The molecule has 3 aromatic rings. The summed E-state index contributed by atoms with van der Waals surface area (Å²) < 4.78 is 13.9. The number of piperazine rings is 1. The van der Waals surface area contributed by atoms with Crippen molar-refractivity contribution < 1.29 is 18.8 Å². The second kappa shape index (κ2) is 11.4. The van der Waals surface area contributed by atoms with E-state index in [1.54, 1.807) is 41.3 Å². The van der Waals surface area contributed by atoms with E-state index in [0.717, 1.165) is 5.56 Å². The van der Waals surface area contributed by atoms with Crippen LogP contribution in [0.3, 0.4) is 0 Å². The molecule has 4 rings (SSSR count). The molecular formula is C27H27FN4O3. The fraction of sp³-hybridized carbons (Fsp3) is 0.222. The molecule has 35 heavy (non-hydrogen) atoms.